The topological polar surface area (TPSA) is 81.9 Å². The molecule has 3 heterocycles. The Bertz CT molecular complexity index is 959. The van der Waals surface area contributed by atoms with Crippen LogP contribution in [0.3, 0.4) is 0 Å². The average Bonchev–Trinajstić information content (AvgIpc) is 3.39. The number of benzene rings is 1. The fourth-order valence-electron chi connectivity index (χ4n) is 3.13. The molecule has 0 spiro atoms. The fraction of sp³-hybridized carbons (Fsp3) is 0.300. The number of hydrogen-bond donors (Lipinski definition) is 1. The number of thioether (sulfide) groups is 1. The van der Waals surface area contributed by atoms with Crippen molar-refractivity contribution in [2.24, 2.45) is 0 Å². The zero-order valence-corrected chi connectivity index (χ0v) is 17.2. The molecule has 1 saturated heterocycles. The minimum atomic E-state index is -0.116. The van der Waals surface area contributed by atoms with E-state index >= 15 is 0 Å². The van der Waals surface area contributed by atoms with E-state index in [4.69, 9.17) is 16.3 Å². The molecule has 2 aromatic heterocycles. The van der Waals surface area contributed by atoms with E-state index in [2.05, 4.69) is 20.5 Å². The highest BCUT2D eigenvalue weighted by Crippen LogP contribution is 2.26. The highest BCUT2D eigenvalue weighted by molar-refractivity contribution is 7.99. The molecule has 1 aliphatic rings. The van der Waals surface area contributed by atoms with Gasteiger partial charge in [-0.2, -0.15) is 0 Å². The van der Waals surface area contributed by atoms with Crippen LogP contribution in [0.1, 0.15) is 12.8 Å². The predicted molar refractivity (Wildman–Crippen MR) is 113 cm³/mol. The number of ether oxygens (including phenoxy) is 1. The van der Waals surface area contributed by atoms with Crippen molar-refractivity contribution >= 4 is 35.0 Å². The summed E-state index contributed by atoms with van der Waals surface area (Å²) in [7, 11) is 0. The summed E-state index contributed by atoms with van der Waals surface area (Å²) in [6.45, 7) is 1.44. The van der Waals surface area contributed by atoms with E-state index in [9.17, 15) is 4.79 Å². The summed E-state index contributed by atoms with van der Waals surface area (Å²) in [4.78, 5) is 16.4. The third kappa shape index (κ3) is 5.14. The van der Waals surface area contributed by atoms with Crippen molar-refractivity contribution in [1.29, 1.82) is 0 Å². The van der Waals surface area contributed by atoms with Crippen LogP contribution >= 0.6 is 23.4 Å². The first-order valence-electron chi connectivity index (χ1n) is 9.32. The lowest BCUT2D eigenvalue weighted by molar-refractivity contribution is -0.113. The van der Waals surface area contributed by atoms with E-state index in [0.29, 0.717) is 22.4 Å². The number of carbonyl (C=O) groups excluding carboxylic acids is 1. The van der Waals surface area contributed by atoms with E-state index in [0.717, 1.165) is 30.8 Å². The van der Waals surface area contributed by atoms with Crippen molar-refractivity contribution in [1.82, 2.24) is 19.7 Å². The number of carbonyl (C=O) groups is 1. The molecule has 0 radical (unpaired) electrons. The summed E-state index contributed by atoms with van der Waals surface area (Å²) < 4.78 is 7.83. The maximum atomic E-state index is 12.3. The van der Waals surface area contributed by atoms with Crippen LogP contribution in [-0.2, 0) is 16.1 Å². The zero-order chi connectivity index (χ0) is 20.1. The van der Waals surface area contributed by atoms with Crippen LogP contribution in [0, 0.1) is 0 Å². The van der Waals surface area contributed by atoms with Gasteiger partial charge in [0.1, 0.15) is 0 Å². The molecule has 4 rings (SSSR count). The average molecular weight is 430 g/mol. The molecule has 1 fully saturated rings. The lowest BCUT2D eigenvalue weighted by atomic mass is 10.2. The number of nitrogens with zero attached hydrogens (tertiary/aromatic N) is 4. The van der Waals surface area contributed by atoms with Gasteiger partial charge in [-0.25, -0.2) is 0 Å². The van der Waals surface area contributed by atoms with Crippen molar-refractivity contribution in [2.75, 3.05) is 17.7 Å². The summed E-state index contributed by atoms with van der Waals surface area (Å²) >= 11 is 7.24. The predicted octanol–water partition coefficient (Wildman–Crippen LogP) is 3.90. The van der Waals surface area contributed by atoms with Crippen molar-refractivity contribution in [3.63, 3.8) is 0 Å². The van der Waals surface area contributed by atoms with Crippen LogP contribution in [0.25, 0.3) is 11.4 Å². The van der Waals surface area contributed by atoms with E-state index < -0.39 is 0 Å². The maximum absolute atomic E-state index is 12.3. The molecule has 0 unspecified atom stereocenters. The molecule has 1 aliphatic heterocycles. The number of amides is 1. The molecule has 0 aliphatic carbocycles. The second-order valence-corrected chi connectivity index (χ2v) is 8.01. The second-order valence-electron chi connectivity index (χ2n) is 6.63. The molecule has 9 heteroatoms. The summed E-state index contributed by atoms with van der Waals surface area (Å²) in [5.41, 5.74) is 1.64. The Kier molecular flexibility index (Phi) is 6.43. The number of halogens is 1. The van der Waals surface area contributed by atoms with Gasteiger partial charge in [0.25, 0.3) is 0 Å². The molecule has 1 N–H and O–H groups in total. The Labute approximate surface area is 177 Å². The van der Waals surface area contributed by atoms with Crippen molar-refractivity contribution in [3.05, 3.63) is 53.8 Å². The van der Waals surface area contributed by atoms with Crippen LogP contribution < -0.4 is 5.32 Å². The van der Waals surface area contributed by atoms with Crippen molar-refractivity contribution < 1.29 is 9.53 Å². The Hall–Kier alpha value is -2.42. The third-order valence-electron chi connectivity index (χ3n) is 4.53. The van der Waals surface area contributed by atoms with Crippen LogP contribution in [0.2, 0.25) is 5.02 Å². The number of rotatable bonds is 7. The summed E-state index contributed by atoms with van der Waals surface area (Å²) in [5.74, 6) is 0.862. The summed E-state index contributed by atoms with van der Waals surface area (Å²) in [6.07, 6.45) is 5.66. The minimum Gasteiger partial charge on any atom is -0.376 e. The highest BCUT2D eigenvalue weighted by atomic mass is 35.5. The monoisotopic (exact) mass is 429 g/mol. The number of aromatic nitrogens is 4. The second kappa shape index (κ2) is 9.39. The SMILES string of the molecule is O=C(CSc1nnc(-c2ccncc2)n1C[C@@H]1CCCO1)Nc1ccc(Cl)cc1. The molecule has 29 heavy (non-hydrogen) atoms. The van der Waals surface area contributed by atoms with E-state index in [1.165, 1.54) is 11.8 Å². The van der Waals surface area contributed by atoms with Gasteiger partial charge in [0.05, 0.1) is 18.4 Å². The van der Waals surface area contributed by atoms with Crippen molar-refractivity contribution in [3.8, 4) is 11.4 Å². The van der Waals surface area contributed by atoms with Crippen LogP contribution in [0.15, 0.2) is 53.9 Å². The molecule has 7 nitrogen and oxygen atoms in total. The molecular formula is C20H20ClN5O2S. The maximum Gasteiger partial charge on any atom is 0.234 e. The Morgan fingerprint density at radius 2 is 2.00 bits per heavy atom. The van der Waals surface area contributed by atoms with E-state index in [-0.39, 0.29) is 17.8 Å². The van der Waals surface area contributed by atoms with Gasteiger partial charge in [0.2, 0.25) is 5.91 Å². The quantitative estimate of drug-likeness (QED) is 0.573. The molecule has 0 saturated carbocycles. The number of pyridine rings is 1. The standard InChI is InChI=1S/C20H20ClN5O2S/c21-15-3-5-16(6-4-15)23-18(27)13-29-20-25-24-19(14-7-9-22-10-8-14)26(20)12-17-2-1-11-28-17/h3-10,17H,1-2,11-13H2,(H,23,27)/t17-/m0/s1. The Morgan fingerprint density at radius 3 is 2.72 bits per heavy atom. The number of hydrogen-bond acceptors (Lipinski definition) is 6. The molecular weight excluding hydrogens is 410 g/mol. The lowest BCUT2D eigenvalue weighted by Gasteiger charge is -2.14. The summed E-state index contributed by atoms with van der Waals surface area (Å²) in [5, 5.41) is 12.9. The van der Waals surface area contributed by atoms with Gasteiger partial charge in [-0.05, 0) is 49.2 Å². The fourth-order valence-corrected chi connectivity index (χ4v) is 4.00. The Morgan fingerprint density at radius 1 is 1.21 bits per heavy atom. The highest BCUT2D eigenvalue weighted by Gasteiger charge is 2.22. The van der Waals surface area contributed by atoms with Gasteiger partial charge in [0, 0.05) is 35.3 Å². The van der Waals surface area contributed by atoms with Gasteiger partial charge in [-0.15, -0.1) is 10.2 Å². The molecule has 1 atom stereocenters. The number of anilines is 1. The van der Waals surface area contributed by atoms with E-state index in [1.807, 2.05) is 16.7 Å². The molecule has 3 aromatic rings. The first kappa shape index (κ1) is 19.9. The molecule has 1 aromatic carbocycles. The zero-order valence-electron chi connectivity index (χ0n) is 15.6. The minimum absolute atomic E-state index is 0.116. The Balaban J connectivity index is 1.47. The van der Waals surface area contributed by atoms with Gasteiger partial charge < -0.3 is 10.1 Å². The lowest BCUT2D eigenvalue weighted by Crippen LogP contribution is -2.18. The largest absolute Gasteiger partial charge is 0.376 e. The first-order valence-corrected chi connectivity index (χ1v) is 10.7. The molecule has 1 amide bonds. The third-order valence-corrected chi connectivity index (χ3v) is 5.74. The van der Waals surface area contributed by atoms with Gasteiger partial charge in [-0.1, -0.05) is 23.4 Å². The normalized spacial score (nSPS) is 16.1. The van der Waals surface area contributed by atoms with Gasteiger partial charge in [0.15, 0.2) is 11.0 Å². The van der Waals surface area contributed by atoms with Gasteiger partial charge >= 0.3 is 0 Å². The summed E-state index contributed by atoms with van der Waals surface area (Å²) in [6, 6.07) is 10.8. The van der Waals surface area contributed by atoms with Crippen LogP contribution in [0.4, 0.5) is 5.69 Å². The van der Waals surface area contributed by atoms with Gasteiger partial charge in [-0.3, -0.25) is 14.3 Å². The van der Waals surface area contributed by atoms with Crippen molar-refractivity contribution in [2.45, 2.75) is 30.6 Å². The first-order chi connectivity index (χ1) is 14.2. The molecule has 0 bridgehead atoms. The molecule has 150 valence electrons. The van der Waals surface area contributed by atoms with E-state index in [1.54, 1.807) is 36.7 Å². The van der Waals surface area contributed by atoms with Crippen LogP contribution in [0.5, 0.6) is 0 Å². The number of nitrogens with one attached hydrogen (secondary N) is 1. The van der Waals surface area contributed by atoms with Crippen LogP contribution in [-0.4, -0.2) is 44.1 Å². The smallest absolute Gasteiger partial charge is 0.234 e.